The smallest absolute Gasteiger partial charge is 0.313 e. The summed E-state index contributed by atoms with van der Waals surface area (Å²) in [6, 6.07) is 10.8. The number of piperidine rings is 1. The number of nitrogens with two attached hydrogens (primary N) is 2. The normalized spacial score (nSPS) is 19.1. The van der Waals surface area contributed by atoms with Crippen LogP contribution in [0, 0.1) is 12.8 Å². The van der Waals surface area contributed by atoms with E-state index in [0.717, 1.165) is 5.56 Å². The minimum Gasteiger partial charge on any atom is -0.383 e. The average molecular weight is 381 g/mol. The molecule has 5 N–H and O–H groups in total. The monoisotopic (exact) mass is 381 g/mol. The topological polar surface area (TPSA) is 131 Å². The largest absolute Gasteiger partial charge is 0.383 e. The molecule has 8 heteroatoms. The number of nitrogens with one attached hydrogen (secondary N) is 1. The van der Waals surface area contributed by atoms with Crippen molar-refractivity contribution < 1.29 is 14.4 Å². The zero-order valence-electron chi connectivity index (χ0n) is 15.6. The Hall–Kier alpha value is -3.42. The lowest BCUT2D eigenvalue weighted by atomic mass is 9.88. The first-order chi connectivity index (χ1) is 13.4. The molecule has 3 amide bonds. The summed E-state index contributed by atoms with van der Waals surface area (Å²) in [5.74, 6) is -2.10. The molecule has 0 bridgehead atoms. The van der Waals surface area contributed by atoms with Gasteiger partial charge in [-0.25, -0.2) is 4.98 Å². The maximum absolute atomic E-state index is 12.9. The second kappa shape index (κ2) is 8.08. The molecular formula is C20H23N5O3. The van der Waals surface area contributed by atoms with E-state index in [1.54, 1.807) is 13.0 Å². The Labute approximate surface area is 162 Å². The van der Waals surface area contributed by atoms with E-state index in [1.807, 2.05) is 30.3 Å². The van der Waals surface area contributed by atoms with Gasteiger partial charge < -0.3 is 21.7 Å². The van der Waals surface area contributed by atoms with E-state index < -0.39 is 23.6 Å². The van der Waals surface area contributed by atoms with E-state index in [4.69, 9.17) is 11.5 Å². The molecule has 0 aliphatic carbocycles. The van der Waals surface area contributed by atoms with Crippen molar-refractivity contribution in [3.63, 3.8) is 0 Å². The summed E-state index contributed by atoms with van der Waals surface area (Å²) in [5.41, 5.74) is 13.1. The van der Waals surface area contributed by atoms with Crippen LogP contribution in [0.15, 0.2) is 42.6 Å². The van der Waals surface area contributed by atoms with Crippen molar-refractivity contribution in [3.8, 4) is 0 Å². The molecule has 0 unspecified atom stereocenters. The first-order valence-electron chi connectivity index (χ1n) is 9.05. The highest BCUT2D eigenvalue weighted by Gasteiger charge is 2.37. The van der Waals surface area contributed by atoms with E-state index in [0.29, 0.717) is 29.9 Å². The van der Waals surface area contributed by atoms with Gasteiger partial charge in [0.25, 0.3) is 0 Å². The maximum atomic E-state index is 12.9. The van der Waals surface area contributed by atoms with Gasteiger partial charge in [-0.05, 0) is 37.0 Å². The highest BCUT2D eigenvalue weighted by Crippen LogP contribution is 2.33. The highest BCUT2D eigenvalue weighted by atomic mass is 16.2. The molecule has 2 aromatic rings. The first kappa shape index (κ1) is 19.3. The van der Waals surface area contributed by atoms with Crippen LogP contribution >= 0.6 is 0 Å². The number of carbonyl (C=O) groups is 3. The third-order valence-electron chi connectivity index (χ3n) is 5.00. The number of likely N-dealkylation sites (tertiary alicyclic amines) is 1. The molecule has 8 nitrogen and oxygen atoms in total. The lowest BCUT2D eigenvalue weighted by molar-refractivity contribution is -0.147. The molecule has 1 aliphatic heterocycles. The second-order valence-electron chi connectivity index (χ2n) is 6.94. The molecule has 1 aromatic carbocycles. The molecule has 28 heavy (non-hydrogen) atoms. The lowest BCUT2D eigenvalue weighted by Crippen LogP contribution is -2.49. The van der Waals surface area contributed by atoms with Crippen LogP contribution in [-0.2, 0) is 14.4 Å². The fraction of sp³-hybridized carbons (Fsp3) is 0.300. The van der Waals surface area contributed by atoms with Crippen LogP contribution in [0.2, 0.25) is 0 Å². The molecule has 3 rings (SSSR count). The summed E-state index contributed by atoms with van der Waals surface area (Å²) < 4.78 is 0. The number of benzene rings is 1. The van der Waals surface area contributed by atoms with E-state index in [1.165, 1.54) is 11.1 Å². The zero-order chi connectivity index (χ0) is 20.3. The van der Waals surface area contributed by atoms with Crippen LogP contribution in [-0.4, -0.2) is 34.2 Å². The molecule has 146 valence electrons. The second-order valence-corrected chi connectivity index (χ2v) is 6.94. The zero-order valence-corrected chi connectivity index (χ0v) is 15.6. The van der Waals surface area contributed by atoms with Gasteiger partial charge in [0.15, 0.2) is 0 Å². The van der Waals surface area contributed by atoms with E-state index >= 15 is 0 Å². The Balaban J connectivity index is 1.82. The molecule has 0 spiro atoms. The Morgan fingerprint density at radius 1 is 1.18 bits per heavy atom. The summed E-state index contributed by atoms with van der Waals surface area (Å²) in [5, 5.41) is 2.56. The Kier molecular flexibility index (Phi) is 5.58. The Morgan fingerprint density at radius 2 is 1.89 bits per heavy atom. The van der Waals surface area contributed by atoms with Crippen molar-refractivity contribution in [2.45, 2.75) is 25.8 Å². The van der Waals surface area contributed by atoms with Gasteiger partial charge in [0.05, 0.1) is 23.8 Å². The number of hydrogen-bond donors (Lipinski definition) is 3. The molecule has 1 aliphatic rings. The van der Waals surface area contributed by atoms with Gasteiger partial charge in [0, 0.05) is 6.54 Å². The van der Waals surface area contributed by atoms with Crippen molar-refractivity contribution >= 4 is 29.2 Å². The highest BCUT2D eigenvalue weighted by molar-refractivity contribution is 6.39. The van der Waals surface area contributed by atoms with Gasteiger partial charge in [0.1, 0.15) is 5.82 Å². The van der Waals surface area contributed by atoms with Crippen LogP contribution in [0.3, 0.4) is 0 Å². The molecule has 2 heterocycles. The molecule has 1 aromatic heterocycles. The van der Waals surface area contributed by atoms with Crippen LogP contribution in [0.1, 0.15) is 30.0 Å². The molecular weight excluding hydrogens is 358 g/mol. The molecule has 1 saturated heterocycles. The molecule has 0 radical (unpaired) electrons. The Bertz CT molecular complexity index is 900. The van der Waals surface area contributed by atoms with Crippen LogP contribution < -0.4 is 16.8 Å². The number of carbonyl (C=O) groups excluding carboxylic acids is 3. The van der Waals surface area contributed by atoms with Crippen molar-refractivity contribution in [1.29, 1.82) is 0 Å². The van der Waals surface area contributed by atoms with Crippen molar-refractivity contribution in [3.05, 3.63) is 53.7 Å². The quantitative estimate of drug-likeness (QED) is 0.691. The first-order valence-corrected chi connectivity index (χ1v) is 9.05. The number of pyridine rings is 1. The number of aromatic nitrogens is 1. The molecule has 2 atom stereocenters. The molecule has 1 fully saturated rings. The minimum absolute atomic E-state index is 0.111. The predicted molar refractivity (Wildman–Crippen MR) is 105 cm³/mol. The maximum Gasteiger partial charge on any atom is 0.313 e. The van der Waals surface area contributed by atoms with Gasteiger partial charge in [-0.15, -0.1) is 0 Å². The lowest BCUT2D eigenvalue weighted by Gasteiger charge is -2.38. The number of primary amides is 1. The van der Waals surface area contributed by atoms with Crippen molar-refractivity contribution in [2.75, 3.05) is 17.6 Å². The van der Waals surface area contributed by atoms with Gasteiger partial charge in [0.2, 0.25) is 5.91 Å². The fourth-order valence-electron chi connectivity index (χ4n) is 3.42. The molecule has 0 saturated carbocycles. The van der Waals surface area contributed by atoms with Crippen LogP contribution in [0.4, 0.5) is 11.5 Å². The summed E-state index contributed by atoms with van der Waals surface area (Å²) in [6.45, 7) is 1.87. The van der Waals surface area contributed by atoms with E-state index in [-0.39, 0.29) is 12.6 Å². The van der Waals surface area contributed by atoms with Crippen LogP contribution in [0.25, 0.3) is 0 Å². The number of anilines is 2. The summed E-state index contributed by atoms with van der Waals surface area (Å²) >= 11 is 0. The van der Waals surface area contributed by atoms with E-state index in [2.05, 4.69) is 10.3 Å². The summed E-state index contributed by atoms with van der Waals surface area (Å²) in [4.78, 5) is 42.6. The average Bonchev–Trinajstić information content (AvgIpc) is 2.70. The third-order valence-corrected chi connectivity index (χ3v) is 5.00. The van der Waals surface area contributed by atoms with Crippen molar-refractivity contribution in [1.82, 2.24) is 9.88 Å². The summed E-state index contributed by atoms with van der Waals surface area (Å²) in [6.07, 6.45) is 2.52. The standard InChI is InChI=1S/C20H23N5O3/c1-12-9-15(10-23-17(12)21)24-19(27)20(28)25-11-14(18(22)26)7-8-16(25)13-5-3-2-4-6-13/h2-6,9-10,14,16H,7-8,11H2,1H3,(H2,21,23)(H2,22,26)(H,24,27)/t14-,16-/m1/s1. The number of aryl methyl sites for hydroxylation is 1. The van der Waals surface area contributed by atoms with Gasteiger partial charge in [-0.3, -0.25) is 14.4 Å². The fourth-order valence-corrected chi connectivity index (χ4v) is 3.42. The van der Waals surface area contributed by atoms with Gasteiger partial charge in [-0.1, -0.05) is 30.3 Å². The van der Waals surface area contributed by atoms with Gasteiger partial charge in [-0.2, -0.15) is 0 Å². The van der Waals surface area contributed by atoms with Crippen molar-refractivity contribution in [2.24, 2.45) is 11.7 Å². The van der Waals surface area contributed by atoms with E-state index in [9.17, 15) is 14.4 Å². The number of nitrogen functional groups attached to an aromatic ring is 1. The number of nitrogens with zero attached hydrogens (tertiary/aromatic N) is 2. The summed E-state index contributed by atoms with van der Waals surface area (Å²) in [7, 11) is 0. The minimum atomic E-state index is -0.794. The number of amides is 3. The van der Waals surface area contributed by atoms with Crippen LogP contribution in [0.5, 0.6) is 0 Å². The number of hydrogen-bond acceptors (Lipinski definition) is 5. The third kappa shape index (κ3) is 4.11. The SMILES string of the molecule is Cc1cc(NC(=O)C(=O)N2C[C@H](C(N)=O)CC[C@@H]2c2ccccc2)cnc1N. The number of rotatable bonds is 3. The Morgan fingerprint density at radius 3 is 2.54 bits per heavy atom. The predicted octanol–water partition coefficient (Wildman–Crippen LogP) is 1.38. The van der Waals surface area contributed by atoms with Gasteiger partial charge >= 0.3 is 11.8 Å².